The standard InChI is InChI=1S/C8H7BrFN/c1-2-3-6-4-7(9)5-11-8(6)10/h2-5H,1H3/b3-2+. The number of halogens is 2. The fourth-order valence-electron chi connectivity index (χ4n) is 0.735. The highest BCUT2D eigenvalue weighted by atomic mass is 79.9. The fourth-order valence-corrected chi connectivity index (χ4v) is 1.08. The first kappa shape index (κ1) is 8.40. The third kappa shape index (κ3) is 2.12. The van der Waals surface area contributed by atoms with Crippen LogP contribution in [-0.2, 0) is 0 Å². The SMILES string of the molecule is C/C=C/c1cc(Br)cnc1F. The van der Waals surface area contributed by atoms with Crippen LogP contribution in [0.1, 0.15) is 12.5 Å². The van der Waals surface area contributed by atoms with Crippen LogP contribution >= 0.6 is 15.9 Å². The molecule has 1 rings (SSSR count). The number of hydrogen-bond donors (Lipinski definition) is 0. The summed E-state index contributed by atoms with van der Waals surface area (Å²) in [6.07, 6.45) is 4.88. The van der Waals surface area contributed by atoms with Gasteiger partial charge in [0.2, 0.25) is 5.95 Å². The highest BCUT2D eigenvalue weighted by molar-refractivity contribution is 9.10. The molecule has 0 saturated heterocycles. The molecule has 0 amide bonds. The monoisotopic (exact) mass is 215 g/mol. The van der Waals surface area contributed by atoms with Crippen LogP contribution in [0.15, 0.2) is 22.8 Å². The van der Waals surface area contributed by atoms with E-state index in [1.165, 1.54) is 6.20 Å². The Labute approximate surface area is 73.1 Å². The van der Waals surface area contributed by atoms with Crippen LogP contribution in [-0.4, -0.2) is 4.98 Å². The van der Waals surface area contributed by atoms with Gasteiger partial charge < -0.3 is 0 Å². The number of pyridine rings is 1. The van der Waals surface area contributed by atoms with E-state index in [9.17, 15) is 4.39 Å². The van der Waals surface area contributed by atoms with E-state index in [4.69, 9.17) is 0 Å². The van der Waals surface area contributed by atoms with Gasteiger partial charge in [-0.25, -0.2) is 4.98 Å². The Bertz CT molecular complexity index is 283. The minimum absolute atomic E-state index is 0.439. The Morgan fingerprint density at radius 1 is 1.64 bits per heavy atom. The average molecular weight is 216 g/mol. The van der Waals surface area contributed by atoms with Crippen molar-refractivity contribution in [2.75, 3.05) is 0 Å². The summed E-state index contributed by atoms with van der Waals surface area (Å²) >= 11 is 3.20. The molecule has 0 fully saturated rings. The van der Waals surface area contributed by atoms with Crippen molar-refractivity contribution in [3.8, 4) is 0 Å². The number of nitrogens with zero attached hydrogens (tertiary/aromatic N) is 1. The molecule has 0 atom stereocenters. The quantitative estimate of drug-likeness (QED) is 0.657. The molecular weight excluding hydrogens is 209 g/mol. The van der Waals surface area contributed by atoms with Gasteiger partial charge in [-0.05, 0) is 28.9 Å². The smallest absolute Gasteiger partial charge is 0.220 e. The van der Waals surface area contributed by atoms with E-state index >= 15 is 0 Å². The lowest BCUT2D eigenvalue weighted by Gasteiger charge is -1.94. The van der Waals surface area contributed by atoms with Crippen molar-refractivity contribution in [2.45, 2.75) is 6.92 Å². The van der Waals surface area contributed by atoms with Crippen LogP contribution in [0, 0.1) is 5.95 Å². The van der Waals surface area contributed by atoms with Crippen LogP contribution in [0.3, 0.4) is 0 Å². The van der Waals surface area contributed by atoms with Crippen molar-refractivity contribution in [3.05, 3.63) is 34.3 Å². The maximum absolute atomic E-state index is 12.8. The van der Waals surface area contributed by atoms with E-state index in [1.807, 2.05) is 6.92 Å². The highest BCUT2D eigenvalue weighted by Crippen LogP contribution is 2.13. The molecule has 58 valence electrons. The minimum Gasteiger partial charge on any atom is -0.227 e. The van der Waals surface area contributed by atoms with Gasteiger partial charge in [0.05, 0.1) is 0 Å². The topological polar surface area (TPSA) is 12.9 Å². The summed E-state index contributed by atoms with van der Waals surface area (Å²) in [5, 5.41) is 0. The first-order chi connectivity index (χ1) is 5.24. The molecule has 1 nitrogen and oxygen atoms in total. The molecule has 0 bridgehead atoms. The first-order valence-corrected chi connectivity index (χ1v) is 3.97. The molecule has 0 aliphatic carbocycles. The summed E-state index contributed by atoms with van der Waals surface area (Å²) in [5.74, 6) is -0.439. The third-order valence-electron chi connectivity index (χ3n) is 1.18. The third-order valence-corrected chi connectivity index (χ3v) is 1.61. The van der Waals surface area contributed by atoms with Crippen molar-refractivity contribution in [1.29, 1.82) is 0 Å². The number of rotatable bonds is 1. The van der Waals surface area contributed by atoms with E-state index in [-0.39, 0.29) is 0 Å². The van der Waals surface area contributed by atoms with Crippen LogP contribution in [0.25, 0.3) is 6.08 Å². The highest BCUT2D eigenvalue weighted by Gasteiger charge is 1.98. The maximum Gasteiger partial charge on any atom is 0.220 e. The van der Waals surface area contributed by atoms with Crippen molar-refractivity contribution in [2.24, 2.45) is 0 Å². The Morgan fingerprint density at radius 3 is 3.00 bits per heavy atom. The Balaban J connectivity index is 3.12. The van der Waals surface area contributed by atoms with Gasteiger partial charge in [-0.1, -0.05) is 12.2 Å². The summed E-state index contributed by atoms with van der Waals surface area (Å²) < 4.78 is 13.6. The van der Waals surface area contributed by atoms with Gasteiger partial charge >= 0.3 is 0 Å². The van der Waals surface area contributed by atoms with Gasteiger partial charge in [-0.3, -0.25) is 0 Å². The molecule has 0 saturated carbocycles. The molecule has 11 heavy (non-hydrogen) atoms. The number of allylic oxidation sites excluding steroid dienone is 1. The summed E-state index contributed by atoms with van der Waals surface area (Å²) in [5.41, 5.74) is 0.502. The molecule has 0 spiro atoms. The molecular formula is C8H7BrFN. The van der Waals surface area contributed by atoms with Gasteiger partial charge in [-0.15, -0.1) is 0 Å². The molecule has 0 unspecified atom stereocenters. The Kier molecular flexibility index (Phi) is 2.76. The zero-order valence-electron chi connectivity index (χ0n) is 6.01. The fraction of sp³-hybridized carbons (Fsp3) is 0.125. The van der Waals surface area contributed by atoms with Crippen molar-refractivity contribution < 1.29 is 4.39 Å². The average Bonchev–Trinajstić information content (AvgIpc) is 1.98. The predicted molar refractivity (Wildman–Crippen MR) is 46.6 cm³/mol. The number of aromatic nitrogens is 1. The van der Waals surface area contributed by atoms with Gasteiger partial charge in [0.15, 0.2) is 0 Å². The normalized spacial score (nSPS) is 10.8. The molecule has 1 aromatic rings. The first-order valence-electron chi connectivity index (χ1n) is 3.18. The van der Waals surface area contributed by atoms with E-state index in [0.717, 1.165) is 4.47 Å². The summed E-state index contributed by atoms with van der Waals surface area (Å²) in [7, 11) is 0. The summed E-state index contributed by atoms with van der Waals surface area (Å²) in [6, 6.07) is 1.68. The van der Waals surface area contributed by atoms with E-state index in [1.54, 1.807) is 18.2 Å². The molecule has 1 heterocycles. The van der Waals surface area contributed by atoms with Crippen LogP contribution in [0.4, 0.5) is 4.39 Å². The molecule has 0 N–H and O–H groups in total. The zero-order chi connectivity index (χ0) is 8.27. The van der Waals surface area contributed by atoms with Gasteiger partial charge in [0.25, 0.3) is 0 Å². The zero-order valence-corrected chi connectivity index (χ0v) is 7.60. The molecule has 1 aromatic heterocycles. The largest absolute Gasteiger partial charge is 0.227 e. The van der Waals surface area contributed by atoms with E-state index in [0.29, 0.717) is 5.56 Å². The van der Waals surface area contributed by atoms with Crippen LogP contribution < -0.4 is 0 Å². The second-order valence-corrected chi connectivity index (χ2v) is 2.95. The molecule has 0 aliphatic rings. The lowest BCUT2D eigenvalue weighted by molar-refractivity contribution is 0.580. The van der Waals surface area contributed by atoms with Crippen molar-refractivity contribution in [3.63, 3.8) is 0 Å². The number of hydrogen-bond acceptors (Lipinski definition) is 1. The molecule has 3 heteroatoms. The van der Waals surface area contributed by atoms with Gasteiger partial charge in [-0.2, -0.15) is 4.39 Å². The van der Waals surface area contributed by atoms with Gasteiger partial charge in [0.1, 0.15) is 0 Å². The summed E-state index contributed by atoms with van der Waals surface area (Å²) in [4.78, 5) is 3.53. The van der Waals surface area contributed by atoms with Gasteiger partial charge in [0, 0.05) is 16.2 Å². The summed E-state index contributed by atoms with van der Waals surface area (Å²) in [6.45, 7) is 1.83. The van der Waals surface area contributed by atoms with Crippen molar-refractivity contribution >= 4 is 22.0 Å². The Morgan fingerprint density at radius 2 is 2.36 bits per heavy atom. The lowest BCUT2D eigenvalue weighted by atomic mass is 10.2. The lowest BCUT2D eigenvalue weighted by Crippen LogP contribution is -1.86. The molecule has 0 radical (unpaired) electrons. The van der Waals surface area contributed by atoms with Crippen molar-refractivity contribution in [1.82, 2.24) is 4.98 Å². The maximum atomic E-state index is 12.8. The minimum atomic E-state index is -0.439. The molecule has 0 aromatic carbocycles. The van der Waals surface area contributed by atoms with E-state index in [2.05, 4.69) is 20.9 Å². The van der Waals surface area contributed by atoms with Crippen LogP contribution in [0.2, 0.25) is 0 Å². The Hall–Kier alpha value is -0.700. The second-order valence-electron chi connectivity index (χ2n) is 2.03. The van der Waals surface area contributed by atoms with Crippen LogP contribution in [0.5, 0.6) is 0 Å². The van der Waals surface area contributed by atoms with E-state index < -0.39 is 5.95 Å². The second kappa shape index (κ2) is 3.62. The molecule has 0 aliphatic heterocycles. The predicted octanol–water partition coefficient (Wildman–Crippen LogP) is 3.02.